The average Bonchev–Trinajstić information content (AvgIpc) is 1.95. The van der Waals surface area contributed by atoms with Crippen LogP contribution >= 0.6 is 0 Å². The predicted octanol–water partition coefficient (Wildman–Crippen LogP) is 2.35. The molecule has 0 aliphatic carbocycles. The molecule has 0 saturated heterocycles. The molecule has 0 aliphatic heterocycles. The lowest BCUT2D eigenvalue weighted by atomic mass is 10.1. The number of halogens is 9. The quantitative estimate of drug-likeness (QED) is 0.593. The van der Waals surface area contributed by atoms with Gasteiger partial charge in [-0.15, -0.1) is 0 Å². The van der Waals surface area contributed by atoms with Gasteiger partial charge < -0.3 is 4.55 Å². The summed E-state index contributed by atoms with van der Waals surface area (Å²) < 4.78 is 137. The molecule has 0 aromatic carbocycles. The Morgan fingerprint density at radius 3 is 1.28 bits per heavy atom. The first-order valence-electron chi connectivity index (χ1n) is 3.61. The molecule has 0 bridgehead atoms. The Hall–Kier alpha value is -0.720. The molecular weight excluding hydrogens is 311 g/mol. The minimum absolute atomic E-state index is 3.89. The lowest BCUT2D eigenvalue weighted by molar-refractivity contribution is -0.305. The Morgan fingerprint density at radius 2 is 1.11 bits per heavy atom. The summed E-state index contributed by atoms with van der Waals surface area (Å²) in [5, 5.41) is -6.24. The van der Waals surface area contributed by atoms with Gasteiger partial charge in [0.25, 0.3) is 5.00 Å². The maximum absolute atomic E-state index is 12.8. The number of hydrogen-bond acceptors (Lipinski definition) is 3. The standard InChI is InChI=1S/C5H3F9O3S/c6-2(7,4(9,10)11)1-3(8,5(12,13)14)18(15,16)17/h1H2,(H,15,16,17)/p-1. The van der Waals surface area contributed by atoms with E-state index in [0.29, 0.717) is 0 Å². The maximum Gasteiger partial charge on any atom is 0.453 e. The van der Waals surface area contributed by atoms with Crippen LogP contribution < -0.4 is 0 Å². The largest absolute Gasteiger partial charge is 0.745 e. The molecule has 1 unspecified atom stereocenters. The molecule has 0 heterocycles. The molecule has 0 saturated carbocycles. The van der Waals surface area contributed by atoms with Gasteiger partial charge in [0.1, 0.15) is 10.1 Å². The minimum atomic E-state index is -7.14. The lowest BCUT2D eigenvalue weighted by Crippen LogP contribution is -2.54. The van der Waals surface area contributed by atoms with Gasteiger partial charge in [0.05, 0.1) is 6.42 Å². The van der Waals surface area contributed by atoms with Gasteiger partial charge in [0.2, 0.25) is 0 Å². The first kappa shape index (κ1) is 17.3. The molecule has 0 radical (unpaired) electrons. The van der Waals surface area contributed by atoms with Crippen LogP contribution in [0.5, 0.6) is 0 Å². The highest BCUT2D eigenvalue weighted by Gasteiger charge is 2.71. The summed E-state index contributed by atoms with van der Waals surface area (Å²) >= 11 is 0. The zero-order valence-electron chi connectivity index (χ0n) is 7.74. The van der Waals surface area contributed by atoms with E-state index in [0.717, 1.165) is 0 Å². The van der Waals surface area contributed by atoms with Crippen LogP contribution in [0.25, 0.3) is 0 Å². The SMILES string of the molecule is O=S(=O)([O-])C(F)(CC(F)(F)C(F)(F)F)C(F)(F)F. The van der Waals surface area contributed by atoms with Gasteiger partial charge in [-0.3, -0.25) is 0 Å². The van der Waals surface area contributed by atoms with Crippen LogP contribution in [0.15, 0.2) is 0 Å². The Bertz CT molecular complexity index is 407. The minimum Gasteiger partial charge on any atom is -0.745 e. The van der Waals surface area contributed by atoms with E-state index in [4.69, 9.17) is 0 Å². The molecule has 0 aromatic rings. The van der Waals surface area contributed by atoms with Crippen molar-refractivity contribution in [3.63, 3.8) is 0 Å². The second-order valence-electron chi connectivity index (χ2n) is 3.06. The molecular formula is C5H2F9O3S-. The van der Waals surface area contributed by atoms with E-state index in [1.54, 1.807) is 0 Å². The lowest BCUT2D eigenvalue weighted by Gasteiger charge is -2.33. The normalized spacial score (nSPS) is 18.6. The van der Waals surface area contributed by atoms with E-state index >= 15 is 0 Å². The fraction of sp³-hybridized carbons (Fsp3) is 1.00. The summed E-state index contributed by atoms with van der Waals surface area (Å²) in [6, 6.07) is 0. The van der Waals surface area contributed by atoms with Crippen molar-refractivity contribution < 1.29 is 52.5 Å². The molecule has 0 N–H and O–H groups in total. The topological polar surface area (TPSA) is 57.2 Å². The zero-order valence-corrected chi connectivity index (χ0v) is 8.56. The van der Waals surface area contributed by atoms with Crippen molar-refractivity contribution in [3.8, 4) is 0 Å². The van der Waals surface area contributed by atoms with Gasteiger partial charge in [0.15, 0.2) is 0 Å². The highest BCUT2D eigenvalue weighted by Crippen LogP contribution is 2.49. The van der Waals surface area contributed by atoms with Gasteiger partial charge in [-0.1, -0.05) is 0 Å². The number of rotatable bonds is 3. The predicted molar refractivity (Wildman–Crippen MR) is 35.2 cm³/mol. The van der Waals surface area contributed by atoms with Gasteiger partial charge in [-0.25, -0.2) is 12.8 Å². The molecule has 18 heavy (non-hydrogen) atoms. The molecule has 0 spiro atoms. The van der Waals surface area contributed by atoms with Crippen LogP contribution in [0.2, 0.25) is 0 Å². The van der Waals surface area contributed by atoms with E-state index in [1.807, 2.05) is 0 Å². The Labute approximate surface area is 93.3 Å². The van der Waals surface area contributed by atoms with Crippen LogP contribution in [0.1, 0.15) is 6.42 Å². The van der Waals surface area contributed by atoms with Gasteiger partial charge in [-0.2, -0.15) is 35.1 Å². The zero-order chi connectivity index (χ0) is 15.2. The molecule has 0 aliphatic rings. The van der Waals surface area contributed by atoms with E-state index in [9.17, 15) is 52.5 Å². The third-order valence-electron chi connectivity index (χ3n) is 1.68. The third-order valence-corrected chi connectivity index (χ3v) is 2.85. The first-order valence-corrected chi connectivity index (χ1v) is 5.02. The molecule has 0 fully saturated rings. The highest BCUT2D eigenvalue weighted by atomic mass is 32.2. The Kier molecular flexibility index (Phi) is 3.98. The van der Waals surface area contributed by atoms with Gasteiger partial charge >= 0.3 is 18.3 Å². The second-order valence-corrected chi connectivity index (χ2v) is 4.61. The fourth-order valence-corrected chi connectivity index (χ4v) is 1.36. The van der Waals surface area contributed by atoms with Crippen molar-refractivity contribution in [1.82, 2.24) is 0 Å². The first-order chi connectivity index (χ1) is 7.46. The van der Waals surface area contributed by atoms with Crippen LogP contribution in [0.4, 0.5) is 39.5 Å². The van der Waals surface area contributed by atoms with Crippen molar-refractivity contribution >= 4 is 10.1 Å². The van der Waals surface area contributed by atoms with Crippen LogP contribution in [-0.4, -0.2) is 36.2 Å². The molecule has 3 nitrogen and oxygen atoms in total. The van der Waals surface area contributed by atoms with E-state index in [-0.39, 0.29) is 0 Å². The van der Waals surface area contributed by atoms with Gasteiger partial charge in [0, 0.05) is 0 Å². The molecule has 0 amide bonds. The van der Waals surface area contributed by atoms with E-state index in [1.165, 1.54) is 0 Å². The summed E-state index contributed by atoms with van der Waals surface area (Å²) in [6.45, 7) is 0. The molecule has 110 valence electrons. The van der Waals surface area contributed by atoms with Crippen molar-refractivity contribution in [2.45, 2.75) is 29.7 Å². The summed E-state index contributed by atoms with van der Waals surface area (Å²) in [5.74, 6) is -6.34. The summed E-state index contributed by atoms with van der Waals surface area (Å²) in [5.41, 5.74) is 0. The van der Waals surface area contributed by atoms with Crippen LogP contribution in [-0.2, 0) is 10.1 Å². The van der Waals surface area contributed by atoms with Crippen LogP contribution in [0, 0.1) is 0 Å². The van der Waals surface area contributed by atoms with Crippen molar-refractivity contribution in [2.24, 2.45) is 0 Å². The summed E-state index contributed by atoms with van der Waals surface area (Å²) in [4.78, 5) is 0. The number of alkyl halides is 9. The second kappa shape index (κ2) is 4.15. The molecule has 0 aromatic heterocycles. The van der Waals surface area contributed by atoms with Crippen molar-refractivity contribution in [1.29, 1.82) is 0 Å². The van der Waals surface area contributed by atoms with Crippen LogP contribution in [0.3, 0.4) is 0 Å². The summed E-state index contributed by atoms with van der Waals surface area (Å²) in [7, 11) is -7.14. The number of hydrogen-bond donors (Lipinski definition) is 0. The Balaban J connectivity index is 5.74. The molecule has 1 atom stereocenters. The smallest absolute Gasteiger partial charge is 0.453 e. The highest BCUT2D eigenvalue weighted by molar-refractivity contribution is 7.87. The monoisotopic (exact) mass is 313 g/mol. The van der Waals surface area contributed by atoms with Crippen molar-refractivity contribution in [3.05, 3.63) is 0 Å². The molecule has 13 heteroatoms. The fourth-order valence-electron chi connectivity index (χ4n) is 0.716. The maximum atomic E-state index is 12.8. The molecule has 0 rings (SSSR count). The van der Waals surface area contributed by atoms with Gasteiger partial charge in [-0.05, 0) is 0 Å². The third kappa shape index (κ3) is 2.99. The van der Waals surface area contributed by atoms with E-state index in [2.05, 4.69) is 0 Å². The van der Waals surface area contributed by atoms with E-state index < -0.39 is 39.8 Å². The average molecular weight is 313 g/mol. The Morgan fingerprint density at radius 1 is 0.778 bits per heavy atom. The van der Waals surface area contributed by atoms with Crippen molar-refractivity contribution in [2.75, 3.05) is 0 Å². The summed E-state index contributed by atoms with van der Waals surface area (Å²) in [6.07, 6.45) is -17.3.